The zero-order chi connectivity index (χ0) is 20.1. The molecule has 4 heterocycles. The third kappa shape index (κ3) is 5.15. The Bertz CT molecular complexity index is 763. The van der Waals surface area contributed by atoms with Gasteiger partial charge in [0.1, 0.15) is 5.82 Å². The van der Waals surface area contributed by atoms with Gasteiger partial charge in [-0.1, -0.05) is 0 Å². The molecule has 0 unspecified atom stereocenters. The number of nitrogens with zero attached hydrogens (tertiary/aromatic N) is 5. The highest BCUT2D eigenvalue weighted by atomic mass is 16.5. The molecular formula is C22H31N5O2. The number of likely N-dealkylation sites (tertiary alicyclic amines) is 1. The lowest BCUT2D eigenvalue weighted by Gasteiger charge is -2.32. The predicted molar refractivity (Wildman–Crippen MR) is 112 cm³/mol. The highest BCUT2D eigenvalue weighted by molar-refractivity contribution is 5.94. The maximum Gasteiger partial charge on any atom is 0.255 e. The number of hydrogen-bond donors (Lipinski definition) is 0. The summed E-state index contributed by atoms with van der Waals surface area (Å²) in [6.07, 6.45) is 11.3. The van der Waals surface area contributed by atoms with Crippen LogP contribution in [0.5, 0.6) is 0 Å². The Morgan fingerprint density at radius 3 is 2.76 bits per heavy atom. The topological polar surface area (TPSA) is 63.5 Å². The molecule has 2 fully saturated rings. The summed E-state index contributed by atoms with van der Waals surface area (Å²) in [6, 6.07) is 5.80. The van der Waals surface area contributed by atoms with Gasteiger partial charge in [-0.2, -0.15) is 5.10 Å². The van der Waals surface area contributed by atoms with Crippen molar-refractivity contribution in [2.75, 3.05) is 38.2 Å². The number of aromatic nitrogens is 3. The van der Waals surface area contributed by atoms with Gasteiger partial charge in [0.25, 0.3) is 5.91 Å². The summed E-state index contributed by atoms with van der Waals surface area (Å²) in [4.78, 5) is 21.5. The number of anilines is 1. The number of amides is 1. The summed E-state index contributed by atoms with van der Waals surface area (Å²) in [5.41, 5.74) is 0.668. The minimum Gasteiger partial charge on any atom is -0.376 e. The van der Waals surface area contributed by atoms with Crippen molar-refractivity contribution in [3.8, 4) is 0 Å². The molecule has 0 radical (unpaired) electrons. The number of likely N-dealkylation sites (N-methyl/N-ethyl adjacent to an activating group) is 1. The Morgan fingerprint density at radius 1 is 1.24 bits per heavy atom. The molecule has 0 N–H and O–H groups in total. The monoisotopic (exact) mass is 397 g/mol. The molecule has 7 heteroatoms. The molecule has 1 atom stereocenters. The molecule has 2 aliphatic heterocycles. The van der Waals surface area contributed by atoms with Crippen LogP contribution in [0.3, 0.4) is 0 Å². The zero-order valence-electron chi connectivity index (χ0n) is 17.2. The van der Waals surface area contributed by atoms with E-state index in [1.807, 2.05) is 47.2 Å². The number of carbonyl (C=O) groups excluding carboxylic acids is 1. The van der Waals surface area contributed by atoms with Crippen molar-refractivity contribution in [2.24, 2.45) is 5.92 Å². The van der Waals surface area contributed by atoms with Crippen molar-refractivity contribution in [3.05, 3.63) is 42.4 Å². The van der Waals surface area contributed by atoms with Gasteiger partial charge in [-0.25, -0.2) is 4.98 Å². The number of hydrogen-bond acceptors (Lipinski definition) is 5. The summed E-state index contributed by atoms with van der Waals surface area (Å²) in [5, 5.41) is 4.29. The number of rotatable bonds is 6. The Hall–Kier alpha value is -2.41. The van der Waals surface area contributed by atoms with E-state index in [-0.39, 0.29) is 12.0 Å². The highest BCUT2D eigenvalue weighted by Crippen LogP contribution is 2.21. The molecule has 0 aliphatic carbocycles. The van der Waals surface area contributed by atoms with E-state index in [2.05, 4.69) is 15.0 Å². The number of piperidine rings is 1. The van der Waals surface area contributed by atoms with E-state index >= 15 is 0 Å². The predicted octanol–water partition coefficient (Wildman–Crippen LogP) is 2.84. The van der Waals surface area contributed by atoms with Crippen LogP contribution in [-0.4, -0.2) is 65.0 Å². The molecule has 1 amide bonds. The third-order valence-electron chi connectivity index (χ3n) is 6.04. The van der Waals surface area contributed by atoms with Crippen LogP contribution in [0.15, 0.2) is 36.8 Å². The van der Waals surface area contributed by atoms with Crippen molar-refractivity contribution >= 4 is 11.7 Å². The first-order valence-corrected chi connectivity index (χ1v) is 10.7. The van der Waals surface area contributed by atoms with Gasteiger partial charge in [0.05, 0.1) is 11.7 Å². The van der Waals surface area contributed by atoms with Crippen LogP contribution in [0.4, 0.5) is 5.82 Å². The van der Waals surface area contributed by atoms with Crippen molar-refractivity contribution < 1.29 is 9.53 Å². The second kappa shape index (κ2) is 9.39. The first kappa shape index (κ1) is 19.9. The lowest BCUT2D eigenvalue weighted by molar-refractivity contribution is 0.0215. The number of ether oxygens (including phenoxy) is 1. The van der Waals surface area contributed by atoms with Crippen LogP contribution in [-0.2, 0) is 11.3 Å². The average Bonchev–Trinajstić information content (AvgIpc) is 3.28. The van der Waals surface area contributed by atoms with Crippen molar-refractivity contribution in [2.45, 2.75) is 44.8 Å². The lowest BCUT2D eigenvalue weighted by Crippen LogP contribution is -2.39. The fourth-order valence-corrected chi connectivity index (χ4v) is 4.26. The molecule has 0 aromatic carbocycles. The van der Waals surface area contributed by atoms with Gasteiger partial charge in [-0.3, -0.25) is 9.48 Å². The SMILES string of the molecule is CN(C[C@H]1CCCCO1)c1ccc(C(=O)N2CCC(Cn3cccn3)CC2)cn1. The molecule has 2 aromatic heterocycles. The summed E-state index contributed by atoms with van der Waals surface area (Å²) < 4.78 is 7.80. The van der Waals surface area contributed by atoms with Gasteiger partial charge in [0.15, 0.2) is 0 Å². The Balaban J connectivity index is 1.28. The Kier molecular flexibility index (Phi) is 6.44. The van der Waals surface area contributed by atoms with E-state index < -0.39 is 0 Å². The van der Waals surface area contributed by atoms with E-state index in [1.165, 1.54) is 6.42 Å². The Morgan fingerprint density at radius 2 is 2.10 bits per heavy atom. The molecule has 0 spiro atoms. The minimum absolute atomic E-state index is 0.0832. The smallest absolute Gasteiger partial charge is 0.255 e. The molecule has 29 heavy (non-hydrogen) atoms. The number of pyridine rings is 1. The van der Waals surface area contributed by atoms with Crippen LogP contribution < -0.4 is 4.90 Å². The molecule has 0 saturated carbocycles. The van der Waals surface area contributed by atoms with Crippen LogP contribution in [0.1, 0.15) is 42.5 Å². The van der Waals surface area contributed by atoms with Gasteiger partial charge in [-0.05, 0) is 56.2 Å². The van der Waals surface area contributed by atoms with Crippen molar-refractivity contribution in [1.29, 1.82) is 0 Å². The maximum atomic E-state index is 12.9. The second-order valence-corrected chi connectivity index (χ2v) is 8.24. The largest absolute Gasteiger partial charge is 0.376 e. The minimum atomic E-state index is 0.0832. The van der Waals surface area contributed by atoms with E-state index in [0.29, 0.717) is 11.5 Å². The van der Waals surface area contributed by atoms with Crippen LogP contribution >= 0.6 is 0 Å². The zero-order valence-corrected chi connectivity index (χ0v) is 17.2. The van der Waals surface area contributed by atoms with E-state index in [9.17, 15) is 4.79 Å². The van der Waals surface area contributed by atoms with Gasteiger partial charge < -0.3 is 14.5 Å². The van der Waals surface area contributed by atoms with Gasteiger partial charge in [0, 0.05) is 58.4 Å². The average molecular weight is 398 g/mol. The van der Waals surface area contributed by atoms with Gasteiger partial charge >= 0.3 is 0 Å². The van der Waals surface area contributed by atoms with Crippen molar-refractivity contribution in [1.82, 2.24) is 19.7 Å². The highest BCUT2D eigenvalue weighted by Gasteiger charge is 2.24. The normalized spacial score (nSPS) is 20.6. The van der Waals surface area contributed by atoms with Crippen LogP contribution in [0, 0.1) is 5.92 Å². The first-order chi connectivity index (χ1) is 14.2. The number of carbonyl (C=O) groups is 1. The molecule has 156 valence electrons. The second-order valence-electron chi connectivity index (χ2n) is 8.24. The molecule has 4 rings (SSSR count). The summed E-state index contributed by atoms with van der Waals surface area (Å²) >= 11 is 0. The van der Waals surface area contributed by atoms with Gasteiger partial charge in [0.2, 0.25) is 0 Å². The molecule has 2 aromatic rings. The van der Waals surface area contributed by atoms with Crippen LogP contribution in [0.25, 0.3) is 0 Å². The fourth-order valence-electron chi connectivity index (χ4n) is 4.26. The molecule has 2 saturated heterocycles. The maximum absolute atomic E-state index is 12.9. The molecule has 2 aliphatic rings. The van der Waals surface area contributed by atoms with Gasteiger partial charge in [-0.15, -0.1) is 0 Å². The summed E-state index contributed by atoms with van der Waals surface area (Å²) in [7, 11) is 2.03. The summed E-state index contributed by atoms with van der Waals surface area (Å²) in [5.74, 6) is 1.55. The summed E-state index contributed by atoms with van der Waals surface area (Å²) in [6.45, 7) is 4.22. The first-order valence-electron chi connectivity index (χ1n) is 10.7. The van der Waals surface area contributed by atoms with E-state index in [0.717, 1.165) is 64.3 Å². The quantitative estimate of drug-likeness (QED) is 0.750. The van der Waals surface area contributed by atoms with E-state index in [1.54, 1.807) is 6.20 Å². The lowest BCUT2D eigenvalue weighted by atomic mass is 9.96. The third-order valence-corrected chi connectivity index (χ3v) is 6.04. The standard InChI is InChI=1S/C22H31N5O2/c1-25(17-20-5-2-3-14-29-20)21-7-6-19(15-23-21)22(28)26-12-8-18(9-13-26)16-27-11-4-10-24-27/h4,6-7,10-11,15,18,20H,2-3,5,8-9,12-14,16-17H2,1H3/t20-/m1/s1. The molecule has 7 nitrogen and oxygen atoms in total. The molecule has 0 bridgehead atoms. The molecular weight excluding hydrogens is 366 g/mol. The van der Waals surface area contributed by atoms with E-state index in [4.69, 9.17) is 4.74 Å². The van der Waals surface area contributed by atoms with Crippen molar-refractivity contribution in [3.63, 3.8) is 0 Å². The Labute approximate surface area is 172 Å². The van der Waals surface area contributed by atoms with Crippen LogP contribution in [0.2, 0.25) is 0 Å². The fraction of sp³-hybridized carbons (Fsp3) is 0.591.